The van der Waals surface area contributed by atoms with Crippen molar-refractivity contribution in [2.45, 2.75) is 19.4 Å². The molecule has 0 saturated carbocycles. The van der Waals surface area contributed by atoms with Crippen molar-refractivity contribution in [2.75, 3.05) is 77.5 Å². The molecule has 0 bridgehead atoms. The number of hydrogen-bond donors (Lipinski definition) is 0. The number of anilines is 1. The number of nitrogens with zero attached hydrogens (tertiary/aromatic N) is 4. The monoisotopic (exact) mass is 456 g/mol. The number of halogens is 1. The topological polar surface area (TPSA) is 22.2 Å². The van der Waals surface area contributed by atoms with Crippen molar-refractivity contribution >= 4 is 17.3 Å². The number of para-hydroxylation sites is 1. The van der Waals surface area contributed by atoms with Gasteiger partial charge in [-0.3, -0.25) is 9.80 Å². The van der Waals surface area contributed by atoms with Crippen LogP contribution in [0.4, 0.5) is 5.69 Å². The molecule has 0 atom stereocenters. The van der Waals surface area contributed by atoms with Gasteiger partial charge in [0.15, 0.2) is 0 Å². The molecule has 2 aromatic rings. The van der Waals surface area contributed by atoms with Gasteiger partial charge < -0.3 is 14.5 Å². The number of benzene rings is 2. The lowest BCUT2D eigenvalue weighted by Crippen LogP contribution is -2.46. The predicted octanol–water partition coefficient (Wildman–Crippen LogP) is 4.07. The molecule has 32 heavy (non-hydrogen) atoms. The number of hydrogen-bond acceptors (Lipinski definition) is 5. The van der Waals surface area contributed by atoms with E-state index in [0.29, 0.717) is 0 Å². The van der Waals surface area contributed by atoms with Crippen LogP contribution in [0, 0.1) is 0 Å². The summed E-state index contributed by atoms with van der Waals surface area (Å²) >= 11 is 6.35. The summed E-state index contributed by atoms with van der Waals surface area (Å²) < 4.78 is 5.98. The highest BCUT2D eigenvalue weighted by Crippen LogP contribution is 2.26. The van der Waals surface area contributed by atoms with Gasteiger partial charge in [-0.15, -0.1) is 0 Å². The van der Waals surface area contributed by atoms with Crippen LogP contribution in [0.5, 0.6) is 5.75 Å². The fourth-order valence-electron chi connectivity index (χ4n) is 4.50. The van der Waals surface area contributed by atoms with Crippen LogP contribution in [0.3, 0.4) is 0 Å². The van der Waals surface area contributed by atoms with Crippen LogP contribution >= 0.6 is 11.6 Å². The molecule has 0 aliphatic carbocycles. The van der Waals surface area contributed by atoms with Crippen LogP contribution < -0.4 is 9.64 Å². The lowest BCUT2D eigenvalue weighted by Gasteiger charge is -2.36. The van der Waals surface area contributed by atoms with E-state index in [4.69, 9.17) is 16.3 Å². The minimum atomic E-state index is 0.789. The molecule has 2 saturated heterocycles. The molecule has 2 aromatic carbocycles. The first-order valence-electron chi connectivity index (χ1n) is 12.0. The maximum atomic E-state index is 6.35. The molecule has 2 heterocycles. The zero-order valence-corrected chi connectivity index (χ0v) is 20.1. The summed E-state index contributed by atoms with van der Waals surface area (Å²) in [7, 11) is 2.20. The third-order valence-corrected chi connectivity index (χ3v) is 6.95. The molecule has 5 nitrogen and oxygen atoms in total. The number of likely N-dealkylation sites (N-methyl/N-ethyl adjacent to an activating group) is 1. The normalized spacial score (nSPS) is 18.8. The summed E-state index contributed by atoms with van der Waals surface area (Å²) in [6, 6.07) is 16.8. The SMILES string of the molecule is CN1CCN(Cc2ccc(OCCCCN3CCN(c4ccccc4Cl)CC3)cc2)CC1. The van der Waals surface area contributed by atoms with Gasteiger partial charge in [0.05, 0.1) is 17.3 Å². The predicted molar refractivity (Wildman–Crippen MR) is 134 cm³/mol. The second kappa shape index (κ2) is 11.9. The Labute approximate surface area is 198 Å². The lowest BCUT2D eigenvalue weighted by molar-refractivity contribution is 0.148. The summed E-state index contributed by atoms with van der Waals surface area (Å²) in [5, 5.41) is 0.852. The Morgan fingerprint density at radius 1 is 0.781 bits per heavy atom. The summed E-state index contributed by atoms with van der Waals surface area (Å²) in [6.07, 6.45) is 2.27. The van der Waals surface area contributed by atoms with Crippen LogP contribution in [0.2, 0.25) is 5.02 Å². The molecule has 2 aliphatic rings. The first-order chi connectivity index (χ1) is 15.7. The minimum Gasteiger partial charge on any atom is -0.494 e. The number of piperazine rings is 2. The van der Waals surface area contributed by atoms with E-state index in [9.17, 15) is 0 Å². The first-order valence-corrected chi connectivity index (χ1v) is 12.4. The molecular formula is C26H37ClN4O. The molecule has 174 valence electrons. The highest BCUT2D eigenvalue weighted by Gasteiger charge is 2.18. The van der Waals surface area contributed by atoms with Crippen LogP contribution in [-0.4, -0.2) is 87.3 Å². The van der Waals surface area contributed by atoms with E-state index >= 15 is 0 Å². The zero-order valence-electron chi connectivity index (χ0n) is 19.4. The van der Waals surface area contributed by atoms with Gasteiger partial charge >= 0.3 is 0 Å². The molecule has 0 radical (unpaired) electrons. The van der Waals surface area contributed by atoms with E-state index < -0.39 is 0 Å². The van der Waals surface area contributed by atoms with Crippen molar-refractivity contribution in [1.29, 1.82) is 0 Å². The van der Waals surface area contributed by atoms with E-state index in [1.165, 1.54) is 12.0 Å². The molecule has 4 rings (SSSR count). The average molecular weight is 457 g/mol. The van der Waals surface area contributed by atoms with Gasteiger partial charge in [-0.05, 0) is 56.3 Å². The number of ether oxygens (including phenoxy) is 1. The van der Waals surface area contributed by atoms with Gasteiger partial charge in [-0.1, -0.05) is 35.9 Å². The Bertz CT molecular complexity index is 815. The van der Waals surface area contributed by atoms with Crippen molar-refractivity contribution in [3.63, 3.8) is 0 Å². The smallest absolute Gasteiger partial charge is 0.119 e. The third-order valence-electron chi connectivity index (χ3n) is 6.63. The molecule has 6 heteroatoms. The minimum absolute atomic E-state index is 0.789. The fraction of sp³-hybridized carbons (Fsp3) is 0.538. The van der Waals surface area contributed by atoms with Crippen molar-refractivity contribution in [3.8, 4) is 5.75 Å². The third kappa shape index (κ3) is 6.85. The molecule has 0 N–H and O–H groups in total. The van der Waals surface area contributed by atoms with E-state index in [0.717, 1.165) is 94.9 Å². The van der Waals surface area contributed by atoms with Crippen LogP contribution in [0.1, 0.15) is 18.4 Å². The van der Waals surface area contributed by atoms with Gasteiger partial charge in [0.2, 0.25) is 0 Å². The van der Waals surface area contributed by atoms with Gasteiger partial charge in [-0.2, -0.15) is 0 Å². The molecule has 2 fully saturated rings. The van der Waals surface area contributed by atoms with Gasteiger partial charge in [0, 0.05) is 58.9 Å². The molecular weight excluding hydrogens is 420 g/mol. The Morgan fingerprint density at radius 3 is 2.19 bits per heavy atom. The van der Waals surface area contributed by atoms with Crippen LogP contribution in [0.15, 0.2) is 48.5 Å². The Morgan fingerprint density at radius 2 is 1.47 bits per heavy atom. The second-order valence-electron chi connectivity index (χ2n) is 9.06. The first kappa shape index (κ1) is 23.4. The standard InChI is InChI=1S/C26H37ClN4O/c1-28-13-15-30(16-14-28)22-23-8-10-24(11-9-23)32-21-5-4-12-29-17-19-31(20-18-29)26-7-3-2-6-25(26)27/h2-3,6-11H,4-5,12-22H2,1H3. The van der Waals surface area contributed by atoms with Crippen molar-refractivity contribution in [1.82, 2.24) is 14.7 Å². The Hall–Kier alpha value is -1.79. The largest absolute Gasteiger partial charge is 0.494 e. The number of rotatable bonds is 9. The van der Waals surface area contributed by atoms with Crippen LogP contribution in [0.25, 0.3) is 0 Å². The van der Waals surface area contributed by atoms with Crippen molar-refractivity contribution < 1.29 is 4.74 Å². The van der Waals surface area contributed by atoms with Crippen molar-refractivity contribution in [3.05, 3.63) is 59.1 Å². The summed E-state index contributed by atoms with van der Waals surface area (Å²) in [5.74, 6) is 0.987. The fourth-order valence-corrected chi connectivity index (χ4v) is 4.76. The van der Waals surface area contributed by atoms with Gasteiger partial charge in [-0.25, -0.2) is 0 Å². The number of unbranched alkanes of at least 4 members (excludes halogenated alkanes) is 1. The van der Waals surface area contributed by atoms with E-state index in [1.54, 1.807) is 0 Å². The lowest BCUT2D eigenvalue weighted by atomic mass is 10.2. The maximum absolute atomic E-state index is 6.35. The summed E-state index contributed by atoms with van der Waals surface area (Å²) in [5.41, 5.74) is 2.54. The molecule has 0 aromatic heterocycles. The van der Waals surface area contributed by atoms with E-state index in [-0.39, 0.29) is 0 Å². The Kier molecular flexibility index (Phi) is 8.69. The highest BCUT2D eigenvalue weighted by atomic mass is 35.5. The molecule has 0 amide bonds. The second-order valence-corrected chi connectivity index (χ2v) is 9.47. The van der Waals surface area contributed by atoms with E-state index in [1.807, 2.05) is 12.1 Å². The highest BCUT2D eigenvalue weighted by molar-refractivity contribution is 6.33. The van der Waals surface area contributed by atoms with Gasteiger partial charge in [0.1, 0.15) is 5.75 Å². The van der Waals surface area contributed by atoms with Crippen LogP contribution in [-0.2, 0) is 6.54 Å². The maximum Gasteiger partial charge on any atom is 0.119 e. The molecule has 0 unspecified atom stereocenters. The average Bonchev–Trinajstić information content (AvgIpc) is 2.82. The van der Waals surface area contributed by atoms with E-state index in [2.05, 4.69) is 63.0 Å². The molecule has 0 spiro atoms. The Balaban J connectivity index is 1.08. The quantitative estimate of drug-likeness (QED) is 0.529. The summed E-state index contributed by atoms with van der Waals surface area (Å²) in [4.78, 5) is 9.88. The van der Waals surface area contributed by atoms with Gasteiger partial charge in [0.25, 0.3) is 0 Å². The summed E-state index contributed by atoms with van der Waals surface area (Å²) in [6.45, 7) is 11.9. The van der Waals surface area contributed by atoms with Crippen molar-refractivity contribution in [2.24, 2.45) is 0 Å². The molecule has 2 aliphatic heterocycles. The zero-order chi connectivity index (χ0) is 22.2.